The third kappa shape index (κ3) is 3.25. The van der Waals surface area contributed by atoms with Gasteiger partial charge in [0.15, 0.2) is 0 Å². The molecular weight excluding hydrogens is 306 g/mol. The Morgan fingerprint density at radius 2 is 1.95 bits per heavy atom. The van der Waals surface area contributed by atoms with Gasteiger partial charge in [-0.1, -0.05) is 52.8 Å². The minimum absolute atomic E-state index is 0.317. The Balaban J connectivity index is 2.25. The molecule has 1 saturated heterocycles. The summed E-state index contributed by atoms with van der Waals surface area (Å²) in [6, 6.07) is 9.97. The molecule has 0 radical (unpaired) electrons. The summed E-state index contributed by atoms with van der Waals surface area (Å²) in [5.41, 5.74) is 0.996. The first-order valence-electron chi connectivity index (χ1n) is 6.41. The first kappa shape index (κ1) is 14.3. The van der Waals surface area contributed by atoms with Crippen LogP contribution in [0.15, 0.2) is 42.5 Å². The van der Waals surface area contributed by atoms with Gasteiger partial charge in [-0.15, -0.1) is 0 Å². The molecule has 1 heterocycles. The Labute approximate surface area is 122 Å². The first-order valence-corrected chi connectivity index (χ1v) is 7.53. The van der Waals surface area contributed by atoms with Crippen molar-refractivity contribution in [2.45, 2.75) is 18.4 Å². The minimum Gasteiger partial charge on any atom is -0.451 e. The monoisotopic (exact) mass is 323 g/mol. The maximum absolute atomic E-state index is 12.0. The second-order valence-corrected chi connectivity index (χ2v) is 5.30. The van der Waals surface area contributed by atoms with E-state index in [2.05, 4.69) is 27.8 Å². The van der Waals surface area contributed by atoms with E-state index in [0.717, 1.165) is 31.5 Å². The average molecular weight is 324 g/mol. The molecule has 4 heteroatoms. The van der Waals surface area contributed by atoms with Gasteiger partial charge in [-0.25, -0.2) is 4.79 Å². The van der Waals surface area contributed by atoms with Gasteiger partial charge < -0.3 is 10.1 Å². The summed E-state index contributed by atoms with van der Waals surface area (Å²) in [7, 11) is 0. The van der Waals surface area contributed by atoms with E-state index in [4.69, 9.17) is 4.74 Å². The smallest absolute Gasteiger partial charge is 0.335 e. The van der Waals surface area contributed by atoms with E-state index < -0.39 is 5.60 Å². The van der Waals surface area contributed by atoms with Crippen LogP contribution in [0.25, 0.3) is 0 Å². The highest BCUT2D eigenvalue weighted by Gasteiger charge is 2.38. The van der Waals surface area contributed by atoms with E-state index in [9.17, 15) is 4.79 Å². The van der Waals surface area contributed by atoms with Crippen molar-refractivity contribution >= 4 is 21.9 Å². The lowest BCUT2D eigenvalue weighted by Gasteiger charge is -2.37. The topological polar surface area (TPSA) is 38.3 Å². The van der Waals surface area contributed by atoms with Gasteiger partial charge >= 0.3 is 5.97 Å². The molecule has 1 aliphatic heterocycles. The van der Waals surface area contributed by atoms with Crippen LogP contribution >= 0.6 is 15.9 Å². The number of halogens is 1. The number of nitrogens with one attached hydrogen (secondary N) is 1. The first-order chi connectivity index (χ1) is 9.18. The molecule has 0 amide bonds. The second-order valence-electron chi connectivity index (χ2n) is 4.74. The van der Waals surface area contributed by atoms with Gasteiger partial charge in [-0.2, -0.15) is 0 Å². The van der Waals surface area contributed by atoms with Crippen LogP contribution in [0.2, 0.25) is 0 Å². The summed E-state index contributed by atoms with van der Waals surface area (Å²) >= 11 is 3.24. The zero-order valence-electron chi connectivity index (χ0n) is 10.8. The number of rotatable bonds is 4. The summed E-state index contributed by atoms with van der Waals surface area (Å²) in [6.07, 6.45) is 1.58. The SMILES string of the molecule is C=C(CBr)C(=O)OC1(c2ccccc2)CCNCC1. The number of hydrogen-bond acceptors (Lipinski definition) is 3. The summed E-state index contributed by atoms with van der Waals surface area (Å²) < 4.78 is 5.81. The molecule has 2 rings (SSSR count). The van der Waals surface area contributed by atoms with Crippen molar-refractivity contribution < 1.29 is 9.53 Å². The summed E-state index contributed by atoms with van der Waals surface area (Å²) in [5.74, 6) is -0.317. The second kappa shape index (κ2) is 6.35. The summed E-state index contributed by atoms with van der Waals surface area (Å²) in [4.78, 5) is 12.0. The lowest BCUT2D eigenvalue weighted by molar-refractivity contribution is -0.159. The molecule has 1 aromatic rings. The highest BCUT2D eigenvalue weighted by molar-refractivity contribution is 9.09. The lowest BCUT2D eigenvalue weighted by atomic mass is 9.84. The summed E-state index contributed by atoms with van der Waals surface area (Å²) in [6.45, 7) is 5.43. The molecule has 0 spiro atoms. The number of ether oxygens (including phenoxy) is 1. The van der Waals surface area contributed by atoms with E-state index >= 15 is 0 Å². The van der Waals surface area contributed by atoms with Gasteiger partial charge in [0.25, 0.3) is 0 Å². The maximum Gasteiger partial charge on any atom is 0.335 e. The molecule has 0 aromatic heterocycles. The molecule has 1 fully saturated rings. The molecule has 1 N–H and O–H groups in total. The van der Waals surface area contributed by atoms with Gasteiger partial charge in [-0.3, -0.25) is 0 Å². The zero-order chi connectivity index (χ0) is 13.7. The number of carbonyl (C=O) groups excluding carboxylic acids is 1. The molecule has 0 saturated carbocycles. The maximum atomic E-state index is 12.0. The highest BCUT2D eigenvalue weighted by atomic mass is 79.9. The molecule has 19 heavy (non-hydrogen) atoms. The van der Waals surface area contributed by atoms with Crippen LogP contribution in [0.5, 0.6) is 0 Å². The number of benzene rings is 1. The van der Waals surface area contributed by atoms with Crippen molar-refractivity contribution in [2.75, 3.05) is 18.4 Å². The van der Waals surface area contributed by atoms with Crippen LogP contribution in [-0.2, 0) is 15.1 Å². The minimum atomic E-state index is -0.519. The average Bonchev–Trinajstić information content (AvgIpc) is 2.48. The molecule has 1 aromatic carbocycles. The van der Waals surface area contributed by atoms with Gasteiger partial charge in [0.1, 0.15) is 5.60 Å². The normalized spacial score (nSPS) is 17.7. The van der Waals surface area contributed by atoms with E-state index in [0.29, 0.717) is 10.9 Å². The Morgan fingerprint density at radius 1 is 1.32 bits per heavy atom. The van der Waals surface area contributed by atoms with Crippen LogP contribution in [-0.4, -0.2) is 24.4 Å². The van der Waals surface area contributed by atoms with Gasteiger partial charge in [0.2, 0.25) is 0 Å². The quantitative estimate of drug-likeness (QED) is 0.526. The van der Waals surface area contributed by atoms with E-state index in [1.165, 1.54) is 0 Å². The molecule has 102 valence electrons. The van der Waals surface area contributed by atoms with E-state index in [1.807, 2.05) is 30.3 Å². The number of hydrogen-bond donors (Lipinski definition) is 1. The predicted molar refractivity (Wildman–Crippen MR) is 79.2 cm³/mol. The molecule has 0 unspecified atom stereocenters. The van der Waals surface area contributed by atoms with Crippen molar-refractivity contribution in [3.8, 4) is 0 Å². The Morgan fingerprint density at radius 3 is 2.53 bits per heavy atom. The van der Waals surface area contributed by atoms with Crippen molar-refractivity contribution in [1.82, 2.24) is 5.32 Å². The standard InChI is InChI=1S/C15H18BrNO2/c1-12(11-16)14(18)19-15(7-9-17-10-8-15)13-5-3-2-4-6-13/h2-6,17H,1,7-11H2. The van der Waals surface area contributed by atoms with Crippen LogP contribution in [0, 0.1) is 0 Å². The molecule has 3 nitrogen and oxygen atoms in total. The van der Waals surface area contributed by atoms with E-state index in [1.54, 1.807) is 0 Å². The van der Waals surface area contributed by atoms with Crippen molar-refractivity contribution in [3.05, 3.63) is 48.0 Å². The highest BCUT2D eigenvalue weighted by Crippen LogP contribution is 2.35. The number of piperidine rings is 1. The number of carbonyl (C=O) groups is 1. The van der Waals surface area contributed by atoms with Crippen LogP contribution in [0.3, 0.4) is 0 Å². The fraction of sp³-hybridized carbons (Fsp3) is 0.400. The van der Waals surface area contributed by atoms with Crippen LogP contribution < -0.4 is 5.32 Å². The fourth-order valence-electron chi connectivity index (χ4n) is 2.33. The summed E-state index contributed by atoms with van der Waals surface area (Å²) in [5, 5.41) is 3.74. The third-order valence-corrected chi connectivity index (χ3v) is 4.13. The molecular formula is C15H18BrNO2. The Kier molecular flexibility index (Phi) is 4.77. The van der Waals surface area contributed by atoms with Gasteiger partial charge in [0, 0.05) is 23.7 Å². The zero-order valence-corrected chi connectivity index (χ0v) is 12.4. The molecule has 0 bridgehead atoms. The van der Waals surface area contributed by atoms with E-state index in [-0.39, 0.29) is 5.97 Å². The molecule has 1 aliphatic rings. The Bertz CT molecular complexity index is 452. The van der Waals surface area contributed by atoms with Crippen LogP contribution in [0.4, 0.5) is 0 Å². The van der Waals surface area contributed by atoms with Crippen molar-refractivity contribution in [1.29, 1.82) is 0 Å². The number of esters is 1. The van der Waals surface area contributed by atoms with Gasteiger partial charge in [0.05, 0.1) is 0 Å². The van der Waals surface area contributed by atoms with Crippen LogP contribution in [0.1, 0.15) is 18.4 Å². The fourth-order valence-corrected chi connectivity index (χ4v) is 2.56. The predicted octanol–water partition coefficient (Wildman–Crippen LogP) is 2.76. The largest absolute Gasteiger partial charge is 0.451 e. The van der Waals surface area contributed by atoms with Gasteiger partial charge in [-0.05, 0) is 18.7 Å². The Hall–Kier alpha value is -1.13. The third-order valence-electron chi connectivity index (χ3n) is 3.45. The lowest BCUT2D eigenvalue weighted by Crippen LogP contribution is -2.43. The molecule has 0 atom stereocenters. The molecule has 0 aliphatic carbocycles. The number of alkyl halides is 1. The van der Waals surface area contributed by atoms with Crippen molar-refractivity contribution in [3.63, 3.8) is 0 Å². The van der Waals surface area contributed by atoms with Crippen molar-refractivity contribution in [2.24, 2.45) is 0 Å².